The van der Waals surface area contributed by atoms with Gasteiger partial charge in [-0.05, 0) is 38.3 Å². The average molecular weight is 493 g/mol. The Kier molecular flexibility index (Phi) is 14.1. The summed E-state index contributed by atoms with van der Waals surface area (Å²) < 4.78 is 16.5. The van der Waals surface area contributed by atoms with Gasteiger partial charge in [-0.3, -0.25) is 0 Å². The van der Waals surface area contributed by atoms with Gasteiger partial charge >= 0.3 is 0 Å². The quantitative estimate of drug-likeness (QED) is 0.279. The lowest BCUT2D eigenvalue weighted by Gasteiger charge is -2.21. The average Bonchev–Trinajstić information content (AvgIpc) is 2.64. The van der Waals surface area contributed by atoms with Crippen molar-refractivity contribution in [2.24, 2.45) is 10.9 Å². The molecule has 0 aliphatic carbocycles. The van der Waals surface area contributed by atoms with Gasteiger partial charge in [-0.2, -0.15) is 0 Å². The number of rotatable bonds is 11. The fraction of sp³-hybridized carbons (Fsp3) is 0.650. The van der Waals surface area contributed by atoms with E-state index in [9.17, 15) is 0 Å². The van der Waals surface area contributed by atoms with Gasteiger partial charge in [0.15, 0.2) is 5.96 Å². The van der Waals surface area contributed by atoms with Crippen LogP contribution in [0, 0.1) is 5.92 Å². The second-order valence-electron chi connectivity index (χ2n) is 6.33. The number of guanidine groups is 1. The van der Waals surface area contributed by atoms with Crippen LogP contribution >= 0.6 is 24.0 Å². The number of halogens is 1. The Labute approximate surface area is 181 Å². The Balaban J connectivity index is 0.00000676. The van der Waals surface area contributed by atoms with Crippen molar-refractivity contribution in [3.05, 3.63) is 23.8 Å². The Bertz CT molecular complexity index is 553. The van der Waals surface area contributed by atoms with Crippen LogP contribution in [0.25, 0.3) is 0 Å². The minimum Gasteiger partial charge on any atom is -0.497 e. The topological polar surface area (TPSA) is 64.1 Å². The highest BCUT2D eigenvalue weighted by atomic mass is 127. The standard InChI is InChI=1S/C20H35N3O3.HI/c1-7-21-20(22-12-11-18(15(3)4)26-8-2)23-14-16-9-10-17(24-5)13-19(16)25-6;/h9-10,13,15,18H,7-8,11-12,14H2,1-6H3,(H2,21,22,23);1H. The number of nitrogens with one attached hydrogen (secondary N) is 2. The molecule has 0 aliphatic heterocycles. The predicted octanol–water partition coefficient (Wildman–Crippen LogP) is 3.83. The van der Waals surface area contributed by atoms with Gasteiger partial charge < -0.3 is 24.8 Å². The van der Waals surface area contributed by atoms with Gasteiger partial charge in [0.25, 0.3) is 0 Å². The number of ether oxygens (including phenoxy) is 3. The van der Waals surface area contributed by atoms with Gasteiger partial charge in [0.05, 0.1) is 26.9 Å². The first kappa shape index (κ1) is 25.8. The molecular weight excluding hydrogens is 457 g/mol. The first-order valence-electron chi connectivity index (χ1n) is 9.40. The smallest absolute Gasteiger partial charge is 0.191 e. The highest BCUT2D eigenvalue weighted by Gasteiger charge is 2.13. The summed E-state index contributed by atoms with van der Waals surface area (Å²) in [7, 11) is 3.30. The molecule has 0 aromatic heterocycles. The summed E-state index contributed by atoms with van der Waals surface area (Å²) >= 11 is 0. The third kappa shape index (κ3) is 9.51. The van der Waals surface area contributed by atoms with Gasteiger partial charge in [-0.15, -0.1) is 24.0 Å². The van der Waals surface area contributed by atoms with Crippen molar-refractivity contribution in [2.75, 3.05) is 33.9 Å². The van der Waals surface area contributed by atoms with Crippen LogP contribution in [0.2, 0.25) is 0 Å². The number of hydrogen-bond donors (Lipinski definition) is 2. The molecule has 156 valence electrons. The largest absolute Gasteiger partial charge is 0.497 e. The van der Waals surface area contributed by atoms with Crippen LogP contribution in [0.4, 0.5) is 0 Å². The number of benzene rings is 1. The molecule has 0 bridgehead atoms. The SMILES string of the molecule is CCNC(=NCc1ccc(OC)cc1OC)NCCC(OCC)C(C)C.I. The summed E-state index contributed by atoms with van der Waals surface area (Å²) in [6, 6.07) is 5.78. The maximum atomic E-state index is 5.80. The molecular formula is C20H36IN3O3. The molecule has 1 aromatic rings. The van der Waals surface area contributed by atoms with Gasteiger partial charge in [0.2, 0.25) is 0 Å². The number of aliphatic imine (C=N–C) groups is 1. The van der Waals surface area contributed by atoms with E-state index in [-0.39, 0.29) is 30.1 Å². The number of hydrogen-bond acceptors (Lipinski definition) is 4. The first-order valence-corrected chi connectivity index (χ1v) is 9.40. The molecule has 1 aromatic carbocycles. The maximum absolute atomic E-state index is 5.80. The summed E-state index contributed by atoms with van der Waals surface area (Å²) in [5.74, 6) is 2.85. The first-order chi connectivity index (χ1) is 12.5. The van der Waals surface area contributed by atoms with Crippen molar-refractivity contribution in [1.29, 1.82) is 0 Å². The normalized spacial score (nSPS) is 12.3. The molecule has 0 saturated heterocycles. The zero-order valence-electron chi connectivity index (χ0n) is 17.5. The third-order valence-electron chi connectivity index (χ3n) is 4.09. The molecule has 1 atom stereocenters. The molecule has 0 heterocycles. The van der Waals surface area contributed by atoms with E-state index in [1.165, 1.54) is 0 Å². The molecule has 7 heteroatoms. The summed E-state index contributed by atoms with van der Waals surface area (Å²) in [6.45, 7) is 11.4. The van der Waals surface area contributed by atoms with Crippen molar-refractivity contribution in [2.45, 2.75) is 46.8 Å². The van der Waals surface area contributed by atoms with Crippen LogP contribution < -0.4 is 20.1 Å². The van der Waals surface area contributed by atoms with E-state index < -0.39 is 0 Å². The molecule has 0 saturated carbocycles. The van der Waals surface area contributed by atoms with Crippen LogP contribution in [0.1, 0.15) is 39.7 Å². The van der Waals surface area contributed by atoms with E-state index in [4.69, 9.17) is 14.2 Å². The second-order valence-corrected chi connectivity index (χ2v) is 6.33. The van der Waals surface area contributed by atoms with E-state index in [1.807, 2.05) is 25.1 Å². The zero-order chi connectivity index (χ0) is 19.4. The Morgan fingerprint density at radius 3 is 2.41 bits per heavy atom. The van der Waals surface area contributed by atoms with E-state index in [2.05, 4.69) is 36.4 Å². The Morgan fingerprint density at radius 2 is 1.85 bits per heavy atom. The van der Waals surface area contributed by atoms with Crippen molar-refractivity contribution in [3.63, 3.8) is 0 Å². The van der Waals surface area contributed by atoms with Gasteiger partial charge in [0, 0.05) is 31.3 Å². The van der Waals surface area contributed by atoms with Crippen LogP contribution in [-0.4, -0.2) is 46.0 Å². The molecule has 2 N–H and O–H groups in total. The van der Waals surface area contributed by atoms with Crippen LogP contribution in [0.3, 0.4) is 0 Å². The summed E-state index contributed by atoms with van der Waals surface area (Å²) in [6.07, 6.45) is 1.21. The molecule has 1 rings (SSSR count). The third-order valence-corrected chi connectivity index (χ3v) is 4.09. The lowest BCUT2D eigenvalue weighted by molar-refractivity contribution is 0.0258. The van der Waals surface area contributed by atoms with Crippen molar-refractivity contribution >= 4 is 29.9 Å². The summed E-state index contributed by atoms with van der Waals surface area (Å²) in [4.78, 5) is 4.67. The molecule has 1 unspecified atom stereocenters. The molecule has 0 spiro atoms. The van der Waals surface area contributed by atoms with Gasteiger partial charge in [0.1, 0.15) is 11.5 Å². The van der Waals surface area contributed by atoms with Crippen molar-refractivity contribution in [1.82, 2.24) is 10.6 Å². The predicted molar refractivity (Wildman–Crippen MR) is 123 cm³/mol. The minimum atomic E-state index is 0. The maximum Gasteiger partial charge on any atom is 0.191 e. The minimum absolute atomic E-state index is 0. The molecule has 0 amide bonds. The number of nitrogens with zero attached hydrogens (tertiary/aromatic N) is 1. The number of methoxy groups -OCH3 is 2. The monoisotopic (exact) mass is 493 g/mol. The van der Waals surface area contributed by atoms with E-state index >= 15 is 0 Å². The molecule has 27 heavy (non-hydrogen) atoms. The van der Waals surface area contributed by atoms with Gasteiger partial charge in [-0.25, -0.2) is 4.99 Å². The second kappa shape index (κ2) is 14.8. The summed E-state index contributed by atoms with van der Waals surface area (Å²) in [5.41, 5.74) is 1.01. The van der Waals surface area contributed by atoms with E-state index in [0.717, 1.165) is 49.1 Å². The molecule has 6 nitrogen and oxygen atoms in total. The van der Waals surface area contributed by atoms with Crippen LogP contribution in [-0.2, 0) is 11.3 Å². The van der Waals surface area contributed by atoms with Gasteiger partial charge in [-0.1, -0.05) is 13.8 Å². The lowest BCUT2D eigenvalue weighted by Crippen LogP contribution is -2.39. The fourth-order valence-corrected chi connectivity index (χ4v) is 2.64. The van der Waals surface area contributed by atoms with Crippen LogP contribution in [0.5, 0.6) is 11.5 Å². The molecule has 0 radical (unpaired) electrons. The Hall–Kier alpha value is -1.22. The van der Waals surface area contributed by atoms with E-state index in [1.54, 1.807) is 14.2 Å². The molecule has 0 aliphatic rings. The highest BCUT2D eigenvalue weighted by Crippen LogP contribution is 2.25. The van der Waals surface area contributed by atoms with E-state index in [0.29, 0.717) is 12.5 Å². The van der Waals surface area contributed by atoms with Crippen molar-refractivity contribution in [3.8, 4) is 11.5 Å². The zero-order valence-corrected chi connectivity index (χ0v) is 19.8. The molecule has 0 fully saturated rings. The van der Waals surface area contributed by atoms with Crippen LogP contribution in [0.15, 0.2) is 23.2 Å². The fourth-order valence-electron chi connectivity index (χ4n) is 2.64. The Morgan fingerprint density at radius 1 is 1.11 bits per heavy atom. The highest BCUT2D eigenvalue weighted by molar-refractivity contribution is 14.0. The summed E-state index contributed by atoms with van der Waals surface area (Å²) in [5, 5.41) is 6.67. The lowest BCUT2D eigenvalue weighted by atomic mass is 10.0. The van der Waals surface area contributed by atoms with Crippen molar-refractivity contribution < 1.29 is 14.2 Å².